The first kappa shape index (κ1) is 9.53. The van der Waals surface area contributed by atoms with E-state index < -0.39 is 0 Å². The quantitative estimate of drug-likeness (QED) is 0.683. The highest BCUT2D eigenvalue weighted by atomic mass is 16.5. The van der Waals surface area contributed by atoms with Crippen molar-refractivity contribution in [3.05, 3.63) is 28.8 Å². The zero-order valence-electron chi connectivity index (χ0n) is 8.84. The van der Waals surface area contributed by atoms with E-state index in [0.717, 1.165) is 25.2 Å². The Kier molecular flexibility index (Phi) is 2.46. The molecule has 2 N–H and O–H groups in total. The molecule has 1 aliphatic rings. The molecule has 0 spiro atoms. The minimum atomic E-state index is 0.145. The van der Waals surface area contributed by atoms with Crippen LogP contribution in [0.15, 0.2) is 12.1 Å². The number of aryl methyl sites for hydroxylation is 2. The molecular weight excluding hydrogens is 174 g/mol. The molecule has 0 unspecified atom stereocenters. The maximum atomic E-state index is 6.10. The largest absolute Gasteiger partial charge is 0.493 e. The average molecular weight is 191 g/mol. The Balaban J connectivity index is 2.53. The second kappa shape index (κ2) is 3.62. The Bertz CT molecular complexity index is 346. The normalized spacial score (nSPS) is 20.9. The molecular formula is C12H17NO. The van der Waals surface area contributed by atoms with Crippen molar-refractivity contribution in [2.75, 3.05) is 6.61 Å². The third kappa shape index (κ3) is 1.62. The van der Waals surface area contributed by atoms with Gasteiger partial charge in [0.05, 0.1) is 6.61 Å². The van der Waals surface area contributed by atoms with Crippen molar-refractivity contribution in [1.82, 2.24) is 0 Å². The van der Waals surface area contributed by atoms with E-state index in [2.05, 4.69) is 26.0 Å². The van der Waals surface area contributed by atoms with Crippen LogP contribution in [0.25, 0.3) is 0 Å². The molecule has 1 aliphatic heterocycles. The summed E-state index contributed by atoms with van der Waals surface area (Å²) in [6, 6.07) is 4.45. The Hall–Kier alpha value is -1.02. The number of rotatable bonds is 0. The monoisotopic (exact) mass is 191 g/mol. The number of benzene rings is 1. The van der Waals surface area contributed by atoms with Crippen molar-refractivity contribution in [1.29, 1.82) is 0 Å². The molecule has 14 heavy (non-hydrogen) atoms. The summed E-state index contributed by atoms with van der Waals surface area (Å²) in [7, 11) is 0. The third-order valence-electron chi connectivity index (χ3n) is 2.75. The van der Waals surface area contributed by atoms with E-state index in [1.165, 1.54) is 16.7 Å². The van der Waals surface area contributed by atoms with Gasteiger partial charge in [0.2, 0.25) is 0 Å². The van der Waals surface area contributed by atoms with Gasteiger partial charge in [-0.1, -0.05) is 17.7 Å². The minimum absolute atomic E-state index is 0.145. The van der Waals surface area contributed by atoms with E-state index in [1.807, 2.05) is 0 Å². The zero-order chi connectivity index (χ0) is 10.1. The molecule has 2 rings (SSSR count). The molecule has 1 atom stereocenters. The lowest BCUT2D eigenvalue weighted by Gasteiger charge is -2.14. The molecule has 0 bridgehead atoms. The van der Waals surface area contributed by atoms with Crippen LogP contribution in [0.1, 0.15) is 35.6 Å². The smallest absolute Gasteiger partial charge is 0.126 e. The fraction of sp³-hybridized carbons (Fsp3) is 0.500. The maximum Gasteiger partial charge on any atom is 0.126 e. The van der Waals surface area contributed by atoms with E-state index in [9.17, 15) is 0 Å². The van der Waals surface area contributed by atoms with E-state index in [0.29, 0.717) is 0 Å². The first-order chi connectivity index (χ1) is 6.68. The first-order valence-corrected chi connectivity index (χ1v) is 5.18. The summed E-state index contributed by atoms with van der Waals surface area (Å²) < 4.78 is 5.72. The molecule has 0 aliphatic carbocycles. The van der Waals surface area contributed by atoms with Crippen molar-refractivity contribution in [2.45, 2.75) is 32.7 Å². The molecule has 2 nitrogen and oxygen atoms in total. The summed E-state index contributed by atoms with van der Waals surface area (Å²) in [5, 5.41) is 0. The molecule has 1 aromatic rings. The molecule has 76 valence electrons. The summed E-state index contributed by atoms with van der Waals surface area (Å²) in [6.07, 6.45) is 2.07. The maximum absolute atomic E-state index is 6.10. The van der Waals surface area contributed by atoms with Gasteiger partial charge in [-0.3, -0.25) is 0 Å². The minimum Gasteiger partial charge on any atom is -0.493 e. The number of ether oxygens (including phenoxy) is 1. The molecule has 0 amide bonds. The van der Waals surface area contributed by atoms with E-state index >= 15 is 0 Å². The Morgan fingerprint density at radius 3 is 2.93 bits per heavy atom. The molecule has 0 aromatic heterocycles. The summed E-state index contributed by atoms with van der Waals surface area (Å²) in [5.74, 6) is 1.01. The zero-order valence-corrected chi connectivity index (χ0v) is 8.84. The standard InChI is InChI=1S/C12H17NO/c1-8-6-9(2)12-10(7-8)11(13)4-3-5-14-12/h6-7,11H,3-5,13H2,1-2H3/t11-/m1/s1. The fourth-order valence-corrected chi connectivity index (χ4v) is 2.09. The lowest BCUT2D eigenvalue weighted by Crippen LogP contribution is -2.09. The van der Waals surface area contributed by atoms with Gasteiger partial charge in [-0.2, -0.15) is 0 Å². The third-order valence-corrected chi connectivity index (χ3v) is 2.75. The van der Waals surface area contributed by atoms with Crippen LogP contribution in [-0.2, 0) is 0 Å². The van der Waals surface area contributed by atoms with Gasteiger partial charge in [0.1, 0.15) is 5.75 Å². The van der Waals surface area contributed by atoms with E-state index in [4.69, 9.17) is 10.5 Å². The van der Waals surface area contributed by atoms with Gasteiger partial charge in [-0.25, -0.2) is 0 Å². The molecule has 1 heterocycles. The first-order valence-electron chi connectivity index (χ1n) is 5.18. The van der Waals surface area contributed by atoms with Crippen molar-refractivity contribution < 1.29 is 4.74 Å². The number of hydrogen-bond donors (Lipinski definition) is 1. The topological polar surface area (TPSA) is 35.2 Å². The highest BCUT2D eigenvalue weighted by molar-refractivity contribution is 5.45. The van der Waals surface area contributed by atoms with Gasteiger partial charge in [-0.05, 0) is 32.3 Å². The van der Waals surface area contributed by atoms with Crippen molar-refractivity contribution in [3.8, 4) is 5.75 Å². The number of hydrogen-bond acceptors (Lipinski definition) is 2. The van der Waals surface area contributed by atoms with E-state index in [1.54, 1.807) is 0 Å². The van der Waals surface area contributed by atoms with Gasteiger partial charge >= 0.3 is 0 Å². The van der Waals surface area contributed by atoms with Crippen LogP contribution in [0.4, 0.5) is 0 Å². The molecule has 1 aromatic carbocycles. The number of fused-ring (bicyclic) bond motifs is 1. The van der Waals surface area contributed by atoms with Crippen LogP contribution in [0.3, 0.4) is 0 Å². The van der Waals surface area contributed by atoms with Gasteiger partial charge in [0, 0.05) is 11.6 Å². The number of nitrogens with two attached hydrogens (primary N) is 1. The summed E-state index contributed by atoms with van der Waals surface area (Å²) in [5.41, 5.74) is 9.76. The van der Waals surface area contributed by atoms with Crippen molar-refractivity contribution >= 4 is 0 Å². The van der Waals surface area contributed by atoms with E-state index in [-0.39, 0.29) is 6.04 Å². The highest BCUT2D eigenvalue weighted by Gasteiger charge is 2.18. The van der Waals surface area contributed by atoms with Crippen LogP contribution in [0, 0.1) is 13.8 Å². The molecule has 0 radical (unpaired) electrons. The van der Waals surface area contributed by atoms with Crippen LogP contribution < -0.4 is 10.5 Å². The van der Waals surface area contributed by atoms with Crippen LogP contribution in [0.5, 0.6) is 5.75 Å². The molecule has 0 fully saturated rings. The molecule has 2 heteroatoms. The highest BCUT2D eigenvalue weighted by Crippen LogP contribution is 2.33. The lowest BCUT2D eigenvalue weighted by atomic mass is 9.98. The van der Waals surface area contributed by atoms with Crippen molar-refractivity contribution in [2.24, 2.45) is 5.73 Å². The predicted octanol–water partition coefficient (Wildman–Crippen LogP) is 2.48. The fourth-order valence-electron chi connectivity index (χ4n) is 2.09. The van der Waals surface area contributed by atoms with Gasteiger partial charge < -0.3 is 10.5 Å². The SMILES string of the molecule is Cc1cc(C)c2c(c1)[C@H](N)CCCO2. The van der Waals surface area contributed by atoms with Gasteiger partial charge in [-0.15, -0.1) is 0 Å². The lowest BCUT2D eigenvalue weighted by molar-refractivity contribution is 0.314. The predicted molar refractivity (Wildman–Crippen MR) is 57.6 cm³/mol. The molecule has 0 saturated carbocycles. The summed E-state index contributed by atoms with van der Waals surface area (Å²) >= 11 is 0. The van der Waals surface area contributed by atoms with Crippen LogP contribution in [0.2, 0.25) is 0 Å². The average Bonchev–Trinajstić information content (AvgIpc) is 2.29. The second-order valence-corrected chi connectivity index (χ2v) is 4.10. The van der Waals surface area contributed by atoms with Gasteiger partial charge in [0.15, 0.2) is 0 Å². The molecule has 0 saturated heterocycles. The van der Waals surface area contributed by atoms with Crippen molar-refractivity contribution in [3.63, 3.8) is 0 Å². The Labute approximate surface area is 85.1 Å². The summed E-state index contributed by atoms with van der Waals surface area (Å²) in [6.45, 7) is 4.99. The van der Waals surface area contributed by atoms with Crippen LogP contribution in [-0.4, -0.2) is 6.61 Å². The second-order valence-electron chi connectivity index (χ2n) is 4.10. The summed E-state index contributed by atoms with van der Waals surface area (Å²) in [4.78, 5) is 0. The Morgan fingerprint density at radius 2 is 2.14 bits per heavy atom. The van der Waals surface area contributed by atoms with Gasteiger partial charge in [0.25, 0.3) is 0 Å². The van der Waals surface area contributed by atoms with Crippen LogP contribution >= 0.6 is 0 Å². The Morgan fingerprint density at radius 1 is 1.36 bits per heavy atom.